The minimum atomic E-state index is -0.338. The minimum absolute atomic E-state index is 0.209. The molecule has 0 bridgehead atoms. The quantitative estimate of drug-likeness (QED) is 0.492. The Labute approximate surface area is 61.2 Å². The topological polar surface area (TPSA) is 40.5 Å². The Bertz CT molecular complexity index is 120. The average molecular weight is 142 g/mol. The second-order valence-corrected chi connectivity index (χ2v) is 2.80. The highest BCUT2D eigenvalue weighted by Gasteiger charge is 2.08. The molecule has 2 nitrogen and oxygen atoms in total. The molecule has 0 aromatic rings. The van der Waals surface area contributed by atoms with Crippen LogP contribution in [0.2, 0.25) is 0 Å². The summed E-state index contributed by atoms with van der Waals surface area (Å²) in [5.74, 6) is 0. The molecule has 0 spiro atoms. The number of hydrogen-bond donors (Lipinski definition) is 2. The van der Waals surface area contributed by atoms with Crippen molar-refractivity contribution < 1.29 is 10.2 Å². The lowest BCUT2D eigenvalue weighted by molar-refractivity contribution is 0.123. The molecular formula is C8H14O2. The van der Waals surface area contributed by atoms with Crippen LogP contribution in [-0.4, -0.2) is 22.4 Å². The number of allylic oxidation sites excluding steroid dienone is 1. The molecule has 2 N–H and O–H groups in total. The molecule has 0 saturated carbocycles. The van der Waals surface area contributed by atoms with Crippen LogP contribution in [0.1, 0.15) is 25.7 Å². The monoisotopic (exact) mass is 142 g/mol. The summed E-state index contributed by atoms with van der Waals surface area (Å²) in [6, 6.07) is 0. The highest BCUT2D eigenvalue weighted by Crippen LogP contribution is 2.11. The van der Waals surface area contributed by atoms with Gasteiger partial charge in [-0.05, 0) is 25.7 Å². The molecule has 0 fully saturated rings. The Morgan fingerprint density at radius 3 is 2.70 bits per heavy atom. The lowest BCUT2D eigenvalue weighted by Gasteiger charge is -2.13. The fourth-order valence-corrected chi connectivity index (χ4v) is 1.15. The SMILES string of the molecule is OC1/C=C\CCC(O)CC1. The number of aliphatic hydroxyl groups is 2. The molecule has 0 heterocycles. The first-order chi connectivity index (χ1) is 4.79. The van der Waals surface area contributed by atoms with Gasteiger partial charge in [-0.1, -0.05) is 12.2 Å². The van der Waals surface area contributed by atoms with Crippen molar-refractivity contribution in [1.82, 2.24) is 0 Å². The van der Waals surface area contributed by atoms with Crippen LogP contribution in [0.15, 0.2) is 12.2 Å². The van der Waals surface area contributed by atoms with E-state index < -0.39 is 0 Å². The van der Waals surface area contributed by atoms with E-state index >= 15 is 0 Å². The highest BCUT2D eigenvalue weighted by atomic mass is 16.3. The molecule has 0 radical (unpaired) electrons. The summed E-state index contributed by atoms with van der Waals surface area (Å²) in [6.07, 6.45) is 6.35. The second kappa shape index (κ2) is 3.74. The molecule has 0 amide bonds. The van der Waals surface area contributed by atoms with Crippen LogP contribution in [0.5, 0.6) is 0 Å². The zero-order valence-electron chi connectivity index (χ0n) is 6.03. The van der Waals surface area contributed by atoms with Crippen LogP contribution in [0, 0.1) is 0 Å². The Kier molecular flexibility index (Phi) is 2.90. The van der Waals surface area contributed by atoms with E-state index in [0.717, 1.165) is 19.3 Å². The predicted molar refractivity (Wildman–Crippen MR) is 39.6 cm³/mol. The highest BCUT2D eigenvalue weighted by molar-refractivity contribution is 4.91. The van der Waals surface area contributed by atoms with Gasteiger partial charge in [0.15, 0.2) is 0 Å². The molecule has 10 heavy (non-hydrogen) atoms. The zero-order chi connectivity index (χ0) is 7.40. The molecule has 1 aliphatic rings. The van der Waals surface area contributed by atoms with Crippen molar-refractivity contribution >= 4 is 0 Å². The summed E-state index contributed by atoms with van der Waals surface area (Å²) < 4.78 is 0. The van der Waals surface area contributed by atoms with Crippen molar-refractivity contribution in [3.8, 4) is 0 Å². The molecule has 1 rings (SSSR count). The normalized spacial score (nSPS) is 38.2. The van der Waals surface area contributed by atoms with E-state index in [1.54, 1.807) is 0 Å². The number of rotatable bonds is 0. The fourth-order valence-electron chi connectivity index (χ4n) is 1.15. The Morgan fingerprint density at radius 1 is 1.10 bits per heavy atom. The van der Waals surface area contributed by atoms with Crippen molar-refractivity contribution in [2.45, 2.75) is 37.9 Å². The molecule has 0 aromatic heterocycles. The van der Waals surface area contributed by atoms with Gasteiger partial charge in [0.25, 0.3) is 0 Å². The van der Waals surface area contributed by atoms with E-state index in [4.69, 9.17) is 5.11 Å². The zero-order valence-corrected chi connectivity index (χ0v) is 6.03. The van der Waals surface area contributed by atoms with Gasteiger partial charge in [0.05, 0.1) is 12.2 Å². The summed E-state index contributed by atoms with van der Waals surface area (Å²) in [6.45, 7) is 0. The molecule has 2 unspecified atom stereocenters. The van der Waals surface area contributed by atoms with Gasteiger partial charge in [-0.15, -0.1) is 0 Å². The molecule has 58 valence electrons. The van der Waals surface area contributed by atoms with E-state index in [0.29, 0.717) is 6.42 Å². The Balaban J connectivity index is 2.38. The van der Waals surface area contributed by atoms with Crippen LogP contribution >= 0.6 is 0 Å². The molecule has 2 heteroatoms. The van der Waals surface area contributed by atoms with Crippen LogP contribution in [0.4, 0.5) is 0 Å². The molecule has 0 saturated heterocycles. The smallest absolute Gasteiger partial charge is 0.0721 e. The first-order valence-electron chi connectivity index (χ1n) is 3.82. The van der Waals surface area contributed by atoms with E-state index in [1.165, 1.54) is 0 Å². The summed E-state index contributed by atoms with van der Waals surface area (Å²) in [4.78, 5) is 0. The van der Waals surface area contributed by atoms with E-state index in [2.05, 4.69) is 0 Å². The van der Waals surface area contributed by atoms with Crippen LogP contribution in [0.3, 0.4) is 0 Å². The fraction of sp³-hybridized carbons (Fsp3) is 0.750. The lowest BCUT2D eigenvalue weighted by atomic mass is 10.0. The van der Waals surface area contributed by atoms with Gasteiger partial charge >= 0.3 is 0 Å². The summed E-state index contributed by atoms with van der Waals surface area (Å²) in [5.41, 5.74) is 0. The maximum absolute atomic E-state index is 9.19. The van der Waals surface area contributed by atoms with E-state index in [1.807, 2.05) is 12.2 Å². The van der Waals surface area contributed by atoms with Gasteiger partial charge in [0.2, 0.25) is 0 Å². The van der Waals surface area contributed by atoms with Gasteiger partial charge in [0.1, 0.15) is 0 Å². The third-order valence-electron chi connectivity index (χ3n) is 1.82. The largest absolute Gasteiger partial charge is 0.393 e. The van der Waals surface area contributed by atoms with Crippen molar-refractivity contribution in [3.63, 3.8) is 0 Å². The van der Waals surface area contributed by atoms with E-state index in [-0.39, 0.29) is 12.2 Å². The van der Waals surface area contributed by atoms with Gasteiger partial charge in [-0.25, -0.2) is 0 Å². The maximum atomic E-state index is 9.19. The van der Waals surface area contributed by atoms with Crippen LogP contribution in [-0.2, 0) is 0 Å². The summed E-state index contributed by atoms with van der Waals surface area (Å²) >= 11 is 0. The third-order valence-corrected chi connectivity index (χ3v) is 1.82. The van der Waals surface area contributed by atoms with Gasteiger partial charge < -0.3 is 10.2 Å². The van der Waals surface area contributed by atoms with E-state index in [9.17, 15) is 5.11 Å². The summed E-state index contributed by atoms with van der Waals surface area (Å²) in [5, 5.41) is 18.3. The number of aliphatic hydroxyl groups excluding tert-OH is 2. The Morgan fingerprint density at radius 2 is 1.90 bits per heavy atom. The van der Waals surface area contributed by atoms with Crippen molar-refractivity contribution in [3.05, 3.63) is 12.2 Å². The van der Waals surface area contributed by atoms with Crippen molar-refractivity contribution in [1.29, 1.82) is 0 Å². The maximum Gasteiger partial charge on any atom is 0.0721 e. The van der Waals surface area contributed by atoms with Crippen LogP contribution < -0.4 is 0 Å². The molecule has 2 atom stereocenters. The predicted octanol–water partition coefficient (Wildman–Crippen LogP) is 0.838. The van der Waals surface area contributed by atoms with Crippen molar-refractivity contribution in [2.24, 2.45) is 0 Å². The van der Waals surface area contributed by atoms with Gasteiger partial charge in [-0.3, -0.25) is 0 Å². The van der Waals surface area contributed by atoms with Gasteiger partial charge in [0, 0.05) is 0 Å². The van der Waals surface area contributed by atoms with Crippen LogP contribution in [0.25, 0.3) is 0 Å². The summed E-state index contributed by atoms with van der Waals surface area (Å²) in [7, 11) is 0. The number of hydrogen-bond acceptors (Lipinski definition) is 2. The molecule has 1 aliphatic carbocycles. The molecule has 0 aromatic carbocycles. The second-order valence-electron chi connectivity index (χ2n) is 2.80. The van der Waals surface area contributed by atoms with Crippen molar-refractivity contribution in [2.75, 3.05) is 0 Å². The average Bonchev–Trinajstić information content (AvgIpc) is 1.90. The first-order valence-corrected chi connectivity index (χ1v) is 3.82. The molecular weight excluding hydrogens is 128 g/mol. The Hall–Kier alpha value is -0.340. The minimum Gasteiger partial charge on any atom is -0.393 e. The molecule has 0 aliphatic heterocycles. The third kappa shape index (κ3) is 2.50. The van der Waals surface area contributed by atoms with Gasteiger partial charge in [-0.2, -0.15) is 0 Å². The first kappa shape index (κ1) is 7.76. The lowest BCUT2D eigenvalue weighted by Crippen LogP contribution is -2.13. The standard InChI is InChI=1S/C8H14O2/c9-7-3-1-2-4-8(10)6-5-7/h1,3,7-10H,2,4-6H2/b3-1-.